The van der Waals surface area contributed by atoms with Crippen molar-refractivity contribution in [2.75, 3.05) is 0 Å². The summed E-state index contributed by atoms with van der Waals surface area (Å²) in [4.78, 5) is 4.25. The Morgan fingerprint density at radius 2 is 2.29 bits per heavy atom. The zero-order chi connectivity index (χ0) is 9.97. The van der Waals surface area contributed by atoms with Gasteiger partial charge in [-0.1, -0.05) is 19.0 Å². The van der Waals surface area contributed by atoms with Crippen LogP contribution >= 0.6 is 0 Å². The highest BCUT2D eigenvalue weighted by Gasteiger charge is 2.10. The second-order valence-electron chi connectivity index (χ2n) is 3.46. The van der Waals surface area contributed by atoms with Crippen molar-refractivity contribution in [3.63, 3.8) is 0 Å². The van der Waals surface area contributed by atoms with Gasteiger partial charge in [0.2, 0.25) is 5.89 Å². The summed E-state index contributed by atoms with van der Waals surface area (Å²) >= 11 is 0. The van der Waals surface area contributed by atoms with Gasteiger partial charge in [0, 0.05) is 5.92 Å². The van der Waals surface area contributed by atoms with Gasteiger partial charge < -0.3 is 8.94 Å². The molecule has 0 bridgehead atoms. The molecule has 0 saturated heterocycles. The van der Waals surface area contributed by atoms with Gasteiger partial charge in [-0.15, -0.1) is 0 Å². The smallest absolute Gasteiger partial charge is 0.234 e. The fraction of sp³-hybridized carbons (Fsp3) is 0.400. The molecule has 0 saturated carbocycles. The number of nitrogens with zero attached hydrogens (tertiary/aromatic N) is 2. The number of rotatable bonds is 3. The Morgan fingerprint density at radius 3 is 2.86 bits per heavy atom. The molecular weight excluding hydrogens is 180 g/mol. The maximum Gasteiger partial charge on any atom is 0.234 e. The Bertz CT molecular complexity index is 390. The van der Waals surface area contributed by atoms with Gasteiger partial charge in [-0.3, -0.25) is 0 Å². The van der Waals surface area contributed by atoms with Crippen LogP contribution in [0.5, 0.6) is 0 Å². The summed E-state index contributed by atoms with van der Waals surface area (Å²) in [7, 11) is 0. The third-order valence-corrected chi connectivity index (χ3v) is 1.91. The normalized spacial score (nSPS) is 11.1. The van der Waals surface area contributed by atoms with Crippen LogP contribution in [0.4, 0.5) is 0 Å². The molecule has 0 aliphatic carbocycles. The van der Waals surface area contributed by atoms with E-state index in [1.807, 2.05) is 26.0 Å². The van der Waals surface area contributed by atoms with Crippen molar-refractivity contribution in [3.05, 3.63) is 35.9 Å². The maximum atomic E-state index is 5.18. The first-order chi connectivity index (χ1) is 6.75. The third-order valence-electron chi connectivity index (χ3n) is 1.91. The molecule has 0 aliphatic heterocycles. The van der Waals surface area contributed by atoms with Crippen LogP contribution in [0.1, 0.15) is 37.2 Å². The minimum Gasteiger partial charge on any atom is -0.469 e. The fourth-order valence-electron chi connectivity index (χ4n) is 1.14. The summed E-state index contributed by atoms with van der Waals surface area (Å²) < 4.78 is 10.3. The molecule has 0 N–H and O–H groups in total. The van der Waals surface area contributed by atoms with Gasteiger partial charge in [0.25, 0.3) is 0 Å². The zero-order valence-corrected chi connectivity index (χ0v) is 8.23. The first-order valence-electron chi connectivity index (χ1n) is 4.60. The summed E-state index contributed by atoms with van der Waals surface area (Å²) in [5.74, 6) is 2.48. The van der Waals surface area contributed by atoms with Gasteiger partial charge in [-0.2, -0.15) is 4.98 Å². The Hall–Kier alpha value is -1.58. The highest BCUT2D eigenvalue weighted by molar-refractivity contribution is 5.05. The van der Waals surface area contributed by atoms with Crippen LogP contribution in [0.15, 0.2) is 27.3 Å². The van der Waals surface area contributed by atoms with Crippen molar-refractivity contribution < 1.29 is 8.94 Å². The summed E-state index contributed by atoms with van der Waals surface area (Å²) in [6.45, 7) is 4.06. The summed E-state index contributed by atoms with van der Waals surface area (Å²) in [6.07, 6.45) is 2.20. The van der Waals surface area contributed by atoms with E-state index in [0.29, 0.717) is 18.2 Å². The monoisotopic (exact) mass is 192 g/mol. The van der Waals surface area contributed by atoms with E-state index < -0.39 is 0 Å². The third kappa shape index (κ3) is 1.84. The Morgan fingerprint density at radius 1 is 1.43 bits per heavy atom. The highest BCUT2D eigenvalue weighted by atomic mass is 16.5. The van der Waals surface area contributed by atoms with Crippen molar-refractivity contribution >= 4 is 0 Å². The molecule has 74 valence electrons. The second kappa shape index (κ2) is 3.65. The van der Waals surface area contributed by atoms with Crippen LogP contribution < -0.4 is 0 Å². The molecule has 0 unspecified atom stereocenters. The lowest BCUT2D eigenvalue weighted by Gasteiger charge is -1.92. The van der Waals surface area contributed by atoms with Crippen molar-refractivity contribution in [3.8, 4) is 0 Å². The van der Waals surface area contributed by atoms with E-state index in [0.717, 1.165) is 11.6 Å². The van der Waals surface area contributed by atoms with Crippen LogP contribution in [0, 0.1) is 0 Å². The summed E-state index contributed by atoms with van der Waals surface area (Å²) in [5, 5.41) is 3.87. The Labute approximate surface area is 81.9 Å². The average Bonchev–Trinajstić information content (AvgIpc) is 2.75. The molecule has 0 fully saturated rings. The van der Waals surface area contributed by atoms with E-state index in [9.17, 15) is 0 Å². The lowest BCUT2D eigenvalue weighted by molar-refractivity contribution is 0.368. The van der Waals surface area contributed by atoms with Crippen molar-refractivity contribution in [1.29, 1.82) is 0 Å². The highest BCUT2D eigenvalue weighted by Crippen LogP contribution is 2.12. The molecule has 0 aliphatic rings. The fourth-order valence-corrected chi connectivity index (χ4v) is 1.14. The number of furan rings is 1. The van der Waals surface area contributed by atoms with Crippen molar-refractivity contribution in [2.24, 2.45) is 0 Å². The Kier molecular flexibility index (Phi) is 2.35. The first kappa shape index (κ1) is 8.99. The quantitative estimate of drug-likeness (QED) is 0.749. The Balaban J connectivity index is 2.11. The molecule has 4 heteroatoms. The van der Waals surface area contributed by atoms with Gasteiger partial charge in [-0.05, 0) is 12.1 Å². The molecule has 0 spiro atoms. The molecule has 0 atom stereocenters. The number of hydrogen-bond donors (Lipinski definition) is 0. The van der Waals surface area contributed by atoms with Gasteiger partial charge >= 0.3 is 0 Å². The van der Waals surface area contributed by atoms with Crippen LogP contribution in [-0.4, -0.2) is 10.1 Å². The van der Waals surface area contributed by atoms with E-state index in [2.05, 4.69) is 10.1 Å². The lowest BCUT2D eigenvalue weighted by atomic mass is 10.2. The van der Waals surface area contributed by atoms with Gasteiger partial charge in [-0.25, -0.2) is 0 Å². The van der Waals surface area contributed by atoms with E-state index in [1.165, 1.54) is 0 Å². The molecule has 0 aromatic carbocycles. The summed E-state index contributed by atoms with van der Waals surface area (Å²) in [5.41, 5.74) is 0. The largest absolute Gasteiger partial charge is 0.469 e. The molecule has 2 heterocycles. The molecule has 0 radical (unpaired) electrons. The molecule has 14 heavy (non-hydrogen) atoms. The first-order valence-corrected chi connectivity index (χ1v) is 4.60. The van der Waals surface area contributed by atoms with Crippen LogP contribution in [0.25, 0.3) is 0 Å². The van der Waals surface area contributed by atoms with Crippen LogP contribution in [0.3, 0.4) is 0 Å². The molecule has 4 nitrogen and oxygen atoms in total. The van der Waals surface area contributed by atoms with E-state index >= 15 is 0 Å². The lowest BCUT2D eigenvalue weighted by Crippen LogP contribution is -1.91. The van der Waals surface area contributed by atoms with E-state index in [4.69, 9.17) is 8.94 Å². The zero-order valence-electron chi connectivity index (χ0n) is 8.23. The average molecular weight is 192 g/mol. The van der Waals surface area contributed by atoms with E-state index in [-0.39, 0.29) is 0 Å². The minimum absolute atomic E-state index is 0.295. The molecule has 2 aromatic rings. The van der Waals surface area contributed by atoms with Crippen LogP contribution in [-0.2, 0) is 6.42 Å². The van der Waals surface area contributed by atoms with Gasteiger partial charge in [0.15, 0.2) is 5.82 Å². The van der Waals surface area contributed by atoms with Crippen LogP contribution in [0.2, 0.25) is 0 Å². The van der Waals surface area contributed by atoms with Gasteiger partial charge in [0.1, 0.15) is 5.76 Å². The topological polar surface area (TPSA) is 52.1 Å². The van der Waals surface area contributed by atoms with Crippen molar-refractivity contribution in [1.82, 2.24) is 10.1 Å². The minimum atomic E-state index is 0.295. The predicted molar refractivity (Wildman–Crippen MR) is 49.9 cm³/mol. The maximum absolute atomic E-state index is 5.18. The molecule has 2 rings (SSSR count). The number of hydrogen-bond acceptors (Lipinski definition) is 4. The predicted octanol–water partition coefficient (Wildman–Crippen LogP) is 2.38. The van der Waals surface area contributed by atoms with E-state index in [1.54, 1.807) is 6.26 Å². The summed E-state index contributed by atoms with van der Waals surface area (Å²) in [6, 6.07) is 3.73. The SMILES string of the molecule is CC(C)c1noc(Cc2ccco2)n1. The number of aromatic nitrogens is 2. The molecule has 2 aromatic heterocycles. The van der Waals surface area contributed by atoms with Gasteiger partial charge in [0.05, 0.1) is 12.7 Å². The molecular formula is C10H12N2O2. The second-order valence-corrected chi connectivity index (χ2v) is 3.46. The van der Waals surface area contributed by atoms with Crippen molar-refractivity contribution in [2.45, 2.75) is 26.2 Å². The molecule has 0 amide bonds. The standard InChI is InChI=1S/C10H12N2O2/c1-7(2)10-11-9(14-12-10)6-8-4-3-5-13-8/h3-5,7H,6H2,1-2H3.